The van der Waals surface area contributed by atoms with Crippen molar-refractivity contribution in [2.45, 2.75) is 12.8 Å². The summed E-state index contributed by atoms with van der Waals surface area (Å²) in [5.74, 6) is 1.22. The molecule has 0 heterocycles. The predicted molar refractivity (Wildman–Crippen MR) is 72.0 cm³/mol. The van der Waals surface area contributed by atoms with E-state index in [1.54, 1.807) is 0 Å². The van der Waals surface area contributed by atoms with Crippen LogP contribution in [0.4, 0.5) is 0 Å². The maximum atomic E-state index is 9.56. The van der Waals surface area contributed by atoms with Crippen LogP contribution in [0.5, 0.6) is 5.75 Å². The van der Waals surface area contributed by atoms with Gasteiger partial charge in [0.2, 0.25) is 0 Å². The number of ether oxygens (including phenoxy) is 1. The molecular formula is C14H15BO3. The fourth-order valence-corrected chi connectivity index (χ4v) is 2.16. The third-order valence-corrected chi connectivity index (χ3v) is 3.36. The molecule has 2 aromatic rings. The Balaban J connectivity index is 2.03. The van der Waals surface area contributed by atoms with Gasteiger partial charge in [-0.25, -0.2) is 0 Å². The number of hydrogen-bond acceptors (Lipinski definition) is 3. The van der Waals surface area contributed by atoms with Gasteiger partial charge in [0.25, 0.3) is 0 Å². The Hall–Kier alpha value is -1.52. The summed E-state index contributed by atoms with van der Waals surface area (Å²) in [5, 5.41) is 20.9. The van der Waals surface area contributed by atoms with Crippen LogP contribution in [0.1, 0.15) is 12.8 Å². The second-order valence-corrected chi connectivity index (χ2v) is 4.83. The first-order valence-electron chi connectivity index (χ1n) is 6.26. The van der Waals surface area contributed by atoms with E-state index >= 15 is 0 Å². The molecular weight excluding hydrogens is 227 g/mol. The highest BCUT2D eigenvalue weighted by molar-refractivity contribution is 6.63. The quantitative estimate of drug-likeness (QED) is 0.794. The normalized spacial score (nSPS) is 14.8. The maximum Gasteiger partial charge on any atom is 0.492 e. The first kappa shape index (κ1) is 11.6. The average molecular weight is 242 g/mol. The Morgan fingerprint density at radius 1 is 1.11 bits per heavy atom. The predicted octanol–water partition coefficient (Wildman–Crippen LogP) is 1.31. The van der Waals surface area contributed by atoms with Gasteiger partial charge >= 0.3 is 7.12 Å². The number of benzene rings is 2. The van der Waals surface area contributed by atoms with Crippen LogP contribution in [-0.4, -0.2) is 23.8 Å². The van der Waals surface area contributed by atoms with Crippen LogP contribution in [0.25, 0.3) is 10.8 Å². The lowest BCUT2D eigenvalue weighted by Crippen LogP contribution is -2.32. The molecule has 2 aromatic carbocycles. The first-order chi connectivity index (χ1) is 8.75. The third-order valence-electron chi connectivity index (χ3n) is 3.36. The van der Waals surface area contributed by atoms with Gasteiger partial charge in [0.15, 0.2) is 0 Å². The number of rotatable bonds is 4. The van der Waals surface area contributed by atoms with E-state index in [1.807, 2.05) is 36.4 Å². The number of fused-ring (bicyclic) bond motifs is 1. The zero-order chi connectivity index (χ0) is 12.5. The molecule has 92 valence electrons. The maximum absolute atomic E-state index is 9.56. The minimum Gasteiger partial charge on any atom is -0.494 e. The summed E-state index contributed by atoms with van der Waals surface area (Å²) >= 11 is 0. The molecule has 3 rings (SSSR count). The molecule has 0 aliphatic heterocycles. The van der Waals surface area contributed by atoms with Crippen molar-refractivity contribution in [2.24, 2.45) is 5.92 Å². The van der Waals surface area contributed by atoms with Gasteiger partial charge in [-0.1, -0.05) is 30.3 Å². The molecule has 18 heavy (non-hydrogen) atoms. The summed E-state index contributed by atoms with van der Waals surface area (Å²) in [6.07, 6.45) is 2.43. The standard InChI is InChI=1S/C14H15BO3/c16-15(17)14-12-4-2-1-3-11(12)7-8-13(14)18-9-10-5-6-10/h1-4,7-8,10,16-17H,5-6,9H2. The van der Waals surface area contributed by atoms with Crippen molar-refractivity contribution in [2.75, 3.05) is 6.61 Å². The Morgan fingerprint density at radius 2 is 1.89 bits per heavy atom. The van der Waals surface area contributed by atoms with Crippen molar-refractivity contribution in [3.8, 4) is 5.75 Å². The van der Waals surface area contributed by atoms with Crippen molar-refractivity contribution in [1.29, 1.82) is 0 Å². The summed E-state index contributed by atoms with van der Waals surface area (Å²) in [6.45, 7) is 0.665. The lowest BCUT2D eigenvalue weighted by atomic mass is 9.76. The minimum atomic E-state index is -1.51. The lowest BCUT2D eigenvalue weighted by molar-refractivity contribution is 0.300. The highest BCUT2D eigenvalue weighted by atomic mass is 16.5. The minimum absolute atomic E-state index is 0.466. The van der Waals surface area contributed by atoms with Crippen molar-refractivity contribution in [3.05, 3.63) is 36.4 Å². The topological polar surface area (TPSA) is 49.7 Å². The largest absolute Gasteiger partial charge is 0.494 e. The van der Waals surface area contributed by atoms with Gasteiger partial charge in [-0.2, -0.15) is 0 Å². The molecule has 0 bridgehead atoms. The van der Waals surface area contributed by atoms with Crippen molar-refractivity contribution >= 4 is 23.4 Å². The molecule has 3 nitrogen and oxygen atoms in total. The zero-order valence-corrected chi connectivity index (χ0v) is 10.0. The lowest BCUT2D eigenvalue weighted by Gasteiger charge is -2.13. The highest BCUT2D eigenvalue weighted by Crippen LogP contribution is 2.29. The molecule has 0 spiro atoms. The molecule has 0 atom stereocenters. The van der Waals surface area contributed by atoms with E-state index in [0.717, 1.165) is 10.8 Å². The molecule has 1 aliphatic rings. The van der Waals surface area contributed by atoms with Gasteiger partial charge in [-0.3, -0.25) is 0 Å². The molecule has 4 heteroatoms. The third kappa shape index (κ3) is 2.21. The van der Waals surface area contributed by atoms with Crippen LogP contribution in [0.15, 0.2) is 36.4 Å². The van der Waals surface area contributed by atoms with Crippen LogP contribution >= 0.6 is 0 Å². The fraction of sp³-hybridized carbons (Fsp3) is 0.286. The fourth-order valence-electron chi connectivity index (χ4n) is 2.16. The van der Waals surface area contributed by atoms with Crippen molar-refractivity contribution in [3.63, 3.8) is 0 Å². The summed E-state index contributed by atoms with van der Waals surface area (Å²) in [7, 11) is -1.51. The first-order valence-corrected chi connectivity index (χ1v) is 6.26. The van der Waals surface area contributed by atoms with Crippen molar-refractivity contribution < 1.29 is 14.8 Å². The molecule has 2 N–H and O–H groups in total. The van der Waals surface area contributed by atoms with E-state index in [4.69, 9.17) is 4.74 Å². The average Bonchev–Trinajstić information content (AvgIpc) is 3.19. The van der Waals surface area contributed by atoms with Crippen molar-refractivity contribution in [1.82, 2.24) is 0 Å². The Kier molecular flexibility index (Phi) is 2.98. The van der Waals surface area contributed by atoms with E-state index in [-0.39, 0.29) is 0 Å². The second kappa shape index (κ2) is 4.63. The Labute approximate surface area is 106 Å². The molecule has 0 unspecified atom stereocenters. The highest BCUT2D eigenvalue weighted by Gasteiger charge is 2.25. The van der Waals surface area contributed by atoms with E-state index in [0.29, 0.717) is 23.7 Å². The van der Waals surface area contributed by atoms with Crippen LogP contribution in [0.3, 0.4) is 0 Å². The monoisotopic (exact) mass is 242 g/mol. The van der Waals surface area contributed by atoms with Crippen LogP contribution in [-0.2, 0) is 0 Å². The molecule has 1 saturated carbocycles. The van der Waals surface area contributed by atoms with E-state index in [9.17, 15) is 10.0 Å². The van der Waals surface area contributed by atoms with Gasteiger partial charge in [-0.15, -0.1) is 0 Å². The van der Waals surface area contributed by atoms with Gasteiger partial charge < -0.3 is 14.8 Å². The molecule has 0 amide bonds. The summed E-state index contributed by atoms with van der Waals surface area (Å²) in [5.41, 5.74) is 0.466. The molecule has 0 aromatic heterocycles. The summed E-state index contributed by atoms with van der Waals surface area (Å²) in [6, 6.07) is 11.4. The zero-order valence-electron chi connectivity index (χ0n) is 10.0. The van der Waals surface area contributed by atoms with E-state index < -0.39 is 7.12 Å². The van der Waals surface area contributed by atoms with Gasteiger partial charge in [0.05, 0.1) is 6.61 Å². The van der Waals surface area contributed by atoms with Crippen LogP contribution < -0.4 is 10.2 Å². The molecule has 1 aliphatic carbocycles. The van der Waals surface area contributed by atoms with E-state index in [1.165, 1.54) is 12.8 Å². The van der Waals surface area contributed by atoms with Gasteiger partial charge in [-0.05, 0) is 35.6 Å². The van der Waals surface area contributed by atoms with Gasteiger partial charge in [0, 0.05) is 5.46 Å². The summed E-state index contributed by atoms with van der Waals surface area (Å²) in [4.78, 5) is 0. The Bertz CT molecular complexity index is 564. The van der Waals surface area contributed by atoms with Gasteiger partial charge in [0.1, 0.15) is 5.75 Å². The second-order valence-electron chi connectivity index (χ2n) is 4.83. The van der Waals surface area contributed by atoms with E-state index in [2.05, 4.69) is 0 Å². The van der Waals surface area contributed by atoms with Crippen LogP contribution in [0, 0.1) is 5.92 Å². The Morgan fingerprint density at radius 3 is 2.61 bits per heavy atom. The molecule has 1 fully saturated rings. The summed E-state index contributed by atoms with van der Waals surface area (Å²) < 4.78 is 5.71. The number of hydrogen-bond donors (Lipinski definition) is 2. The smallest absolute Gasteiger partial charge is 0.492 e. The van der Waals surface area contributed by atoms with Crippen LogP contribution in [0.2, 0.25) is 0 Å². The molecule has 0 radical (unpaired) electrons. The molecule has 0 saturated heterocycles. The SMILES string of the molecule is OB(O)c1c(OCC2CC2)ccc2ccccc12.